The lowest BCUT2D eigenvalue weighted by Gasteiger charge is -2.39. The van der Waals surface area contributed by atoms with Crippen LogP contribution in [-0.4, -0.2) is 55.9 Å². The summed E-state index contributed by atoms with van der Waals surface area (Å²) in [7, 11) is -3.34. The fourth-order valence-corrected chi connectivity index (χ4v) is 5.83. The molecule has 0 bridgehead atoms. The molecule has 22 heavy (non-hydrogen) atoms. The van der Waals surface area contributed by atoms with E-state index in [0.29, 0.717) is 32.8 Å². The van der Waals surface area contributed by atoms with Crippen molar-refractivity contribution in [3.05, 3.63) is 22.4 Å². The first-order valence-electron chi connectivity index (χ1n) is 8.05. The lowest BCUT2D eigenvalue weighted by Crippen LogP contribution is -2.53. The third kappa shape index (κ3) is 3.71. The van der Waals surface area contributed by atoms with Gasteiger partial charge in [0, 0.05) is 30.6 Å². The Morgan fingerprint density at radius 2 is 2.05 bits per heavy atom. The Kier molecular flexibility index (Phi) is 5.51. The van der Waals surface area contributed by atoms with Crippen molar-refractivity contribution in [3.63, 3.8) is 0 Å². The van der Waals surface area contributed by atoms with Gasteiger partial charge in [-0.15, -0.1) is 11.3 Å². The molecular weight excluding hydrogens is 320 g/mol. The van der Waals surface area contributed by atoms with Crippen LogP contribution in [0.25, 0.3) is 0 Å². The average Bonchev–Trinajstić information content (AvgIpc) is 3.07. The monoisotopic (exact) mass is 344 g/mol. The summed E-state index contributed by atoms with van der Waals surface area (Å²) >= 11 is 1.75. The van der Waals surface area contributed by atoms with Crippen LogP contribution in [0.15, 0.2) is 17.5 Å². The normalized spacial score (nSPS) is 25.4. The van der Waals surface area contributed by atoms with Gasteiger partial charge in [-0.3, -0.25) is 0 Å². The van der Waals surface area contributed by atoms with Crippen LogP contribution in [0, 0.1) is 0 Å². The van der Waals surface area contributed by atoms with E-state index in [0.717, 1.165) is 32.1 Å². The molecule has 7 heteroatoms. The maximum atomic E-state index is 12.9. The molecule has 0 amide bonds. The summed E-state index contributed by atoms with van der Waals surface area (Å²) in [6, 6.07) is 4.33. The van der Waals surface area contributed by atoms with Crippen LogP contribution in [0.4, 0.5) is 0 Å². The van der Waals surface area contributed by atoms with Gasteiger partial charge in [0.1, 0.15) is 0 Å². The van der Waals surface area contributed by atoms with E-state index in [1.165, 1.54) is 4.88 Å². The van der Waals surface area contributed by atoms with Crippen molar-refractivity contribution in [2.45, 2.75) is 38.1 Å². The standard InChI is InChI=1S/C15H24N2O3S2/c18-22(19,16-9-11-20-12-10-16)17-8-2-1-4-14(17)6-7-15-5-3-13-21-15/h3,5,13-14H,1-2,4,6-12H2. The van der Waals surface area contributed by atoms with E-state index in [1.807, 2.05) is 0 Å². The molecule has 2 aliphatic heterocycles. The number of aryl methyl sites for hydroxylation is 1. The summed E-state index contributed by atoms with van der Waals surface area (Å²) in [5.41, 5.74) is 0. The van der Waals surface area contributed by atoms with Crippen molar-refractivity contribution >= 4 is 21.5 Å². The van der Waals surface area contributed by atoms with E-state index in [4.69, 9.17) is 4.74 Å². The predicted molar refractivity (Wildman–Crippen MR) is 88.3 cm³/mol. The zero-order valence-electron chi connectivity index (χ0n) is 12.8. The first-order chi connectivity index (χ1) is 10.7. The second kappa shape index (κ2) is 7.40. The van der Waals surface area contributed by atoms with Crippen LogP contribution in [0.1, 0.15) is 30.6 Å². The van der Waals surface area contributed by atoms with Gasteiger partial charge in [0.25, 0.3) is 10.2 Å². The van der Waals surface area contributed by atoms with Crippen molar-refractivity contribution in [2.24, 2.45) is 0 Å². The molecule has 0 aliphatic carbocycles. The molecule has 3 heterocycles. The van der Waals surface area contributed by atoms with E-state index in [-0.39, 0.29) is 6.04 Å². The molecular formula is C15H24N2O3S2. The minimum absolute atomic E-state index is 0.142. The van der Waals surface area contributed by atoms with Crippen molar-refractivity contribution in [2.75, 3.05) is 32.8 Å². The predicted octanol–water partition coefficient (Wildman–Crippen LogP) is 2.11. The van der Waals surface area contributed by atoms with Gasteiger partial charge in [-0.1, -0.05) is 12.5 Å². The Morgan fingerprint density at radius 1 is 1.23 bits per heavy atom. The number of thiophene rings is 1. The highest BCUT2D eigenvalue weighted by Crippen LogP contribution is 2.27. The highest BCUT2D eigenvalue weighted by Gasteiger charge is 2.36. The van der Waals surface area contributed by atoms with Gasteiger partial charge in [0.05, 0.1) is 13.2 Å². The highest BCUT2D eigenvalue weighted by atomic mass is 32.2. The minimum Gasteiger partial charge on any atom is -0.379 e. The fourth-order valence-electron chi connectivity index (χ4n) is 3.26. The van der Waals surface area contributed by atoms with E-state index >= 15 is 0 Å². The second-order valence-electron chi connectivity index (χ2n) is 5.90. The molecule has 2 fully saturated rings. The molecule has 1 atom stereocenters. The van der Waals surface area contributed by atoms with Crippen LogP contribution >= 0.6 is 11.3 Å². The number of rotatable bonds is 5. The Labute approximate surface area is 137 Å². The molecule has 2 aliphatic rings. The van der Waals surface area contributed by atoms with Gasteiger partial charge in [0.15, 0.2) is 0 Å². The number of ether oxygens (including phenoxy) is 1. The van der Waals surface area contributed by atoms with Crippen molar-refractivity contribution in [3.8, 4) is 0 Å². The van der Waals surface area contributed by atoms with E-state index in [2.05, 4.69) is 17.5 Å². The second-order valence-corrected chi connectivity index (χ2v) is 8.81. The Hall–Kier alpha value is -0.470. The maximum Gasteiger partial charge on any atom is 0.282 e. The molecule has 1 unspecified atom stereocenters. The number of hydrogen-bond acceptors (Lipinski definition) is 4. The molecule has 1 aromatic heterocycles. The van der Waals surface area contributed by atoms with E-state index < -0.39 is 10.2 Å². The summed E-state index contributed by atoms with van der Waals surface area (Å²) in [6.45, 7) is 2.64. The summed E-state index contributed by atoms with van der Waals surface area (Å²) in [5.74, 6) is 0. The fraction of sp³-hybridized carbons (Fsp3) is 0.733. The SMILES string of the molecule is O=S(=O)(N1CCOCC1)N1CCCCC1CCc1cccs1. The summed E-state index contributed by atoms with van der Waals surface area (Å²) < 4.78 is 34.5. The van der Waals surface area contributed by atoms with Crippen molar-refractivity contribution in [1.29, 1.82) is 0 Å². The van der Waals surface area contributed by atoms with Gasteiger partial charge in [-0.25, -0.2) is 0 Å². The topological polar surface area (TPSA) is 49.9 Å². The highest BCUT2D eigenvalue weighted by molar-refractivity contribution is 7.86. The van der Waals surface area contributed by atoms with E-state index in [9.17, 15) is 8.42 Å². The molecule has 124 valence electrons. The van der Waals surface area contributed by atoms with Crippen molar-refractivity contribution < 1.29 is 13.2 Å². The van der Waals surface area contributed by atoms with Crippen LogP contribution < -0.4 is 0 Å². The lowest BCUT2D eigenvalue weighted by atomic mass is 10.0. The Balaban J connectivity index is 1.68. The quantitative estimate of drug-likeness (QED) is 0.822. The summed E-state index contributed by atoms with van der Waals surface area (Å²) in [6.07, 6.45) is 4.97. The number of nitrogens with zero attached hydrogens (tertiary/aromatic N) is 2. The molecule has 3 rings (SSSR count). The zero-order chi connectivity index (χ0) is 15.4. The van der Waals surface area contributed by atoms with Crippen LogP contribution in [0.5, 0.6) is 0 Å². The van der Waals surface area contributed by atoms with Gasteiger partial charge < -0.3 is 4.74 Å². The van der Waals surface area contributed by atoms with Crippen LogP contribution in [-0.2, 0) is 21.4 Å². The minimum atomic E-state index is -3.34. The first kappa shape index (κ1) is 16.4. The van der Waals surface area contributed by atoms with Gasteiger partial charge >= 0.3 is 0 Å². The molecule has 0 aromatic carbocycles. The van der Waals surface area contributed by atoms with Crippen molar-refractivity contribution in [1.82, 2.24) is 8.61 Å². The average molecular weight is 345 g/mol. The Bertz CT molecular complexity index is 553. The lowest BCUT2D eigenvalue weighted by molar-refractivity contribution is 0.0680. The Morgan fingerprint density at radius 3 is 2.77 bits per heavy atom. The van der Waals surface area contributed by atoms with Crippen LogP contribution in [0.2, 0.25) is 0 Å². The third-order valence-corrected chi connectivity index (χ3v) is 7.50. The van der Waals surface area contributed by atoms with E-state index in [1.54, 1.807) is 19.9 Å². The molecule has 2 saturated heterocycles. The molecule has 0 saturated carbocycles. The molecule has 0 N–H and O–H groups in total. The molecule has 5 nitrogen and oxygen atoms in total. The first-order valence-corrected chi connectivity index (χ1v) is 10.3. The maximum absolute atomic E-state index is 12.9. The number of hydrogen-bond donors (Lipinski definition) is 0. The smallest absolute Gasteiger partial charge is 0.282 e. The molecule has 0 radical (unpaired) electrons. The van der Waals surface area contributed by atoms with Gasteiger partial charge in [-0.05, 0) is 37.1 Å². The number of morpholine rings is 1. The van der Waals surface area contributed by atoms with Crippen LogP contribution in [0.3, 0.4) is 0 Å². The summed E-state index contributed by atoms with van der Waals surface area (Å²) in [4.78, 5) is 1.34. The third-order valence-electron chi connectivity index (χ3n) is 4.47. The zero-order valence-corrected chi connectivity index (χ0v) is 14.4. The van der Waals surface area contributed by atoms with Gasteiger partial charge in [0.2, 0.25) is 0 Å². The summed E-state index contributed by atoms with van der Waals surface area (Å²) in [5, 5.41) is 2.08. The largest absolute Gasteiger partial charge is 0.379 e. The van der Waals surface area contributed by atoms with Gasteiger partial charge in [-0.2, -0.15) is 17.0 Å². The number of piperidine rings is 1. The molecule has 0 spiro atoms. The molecule has 1 aromatic rings.